The maximum Gasteiger partial charge on any atom is 0.458 e. The highest BCUT2D eigenvalue weighted by atomic mass is 19.4. The van der Waals surface area contributed by atoms with Gasteiger partial charge in [-0.25, -0.2) is 0 Å². The van der Waals surface area contributed by atoms with Crippen molar-refractivity contribution in [1.29, 1.82) is 0 Å². The molecule has 0 fully saturated rings. The quantitative estimate of drug-likeness (QED) is 0.728. The van der Waals surface area contributed by atoms with Crippen LogP contribution in [0.25, 0.3) is 0 Å². The van der Waals surface area contributed by atoms with E-state index in [4.69, 9.17) is 5.11 Å². The van der Waals surface area contributed by atoms with E-state index in [1.54, 1.807) is 0 Å². The van der Waals surface area contributed by atoms with Crippen molar-refractivity contribution in [2.24, 2.45) is 0 Å². The third-order valence-corrected chi connectivity index (χ3v) is 3.13. The molecular weight excluding hydrogens is 362 g/mol. The largest absolute Gasteiger partial charge is 0.458 e. The number of aliphatic hydroxyl groups is 1. The number of alkyl halides is 10. The van der Waals surface area contributed by atoms with E-state index in [-0.39, 0.29) is 12.5 Å². The molecule has 0 saturated heterocycles. The molecule has 11 heteroatoms. The number of hydrogen-bond acceptors (Lipinski definition) is 1. The molecule has 0 atom stereocenters. The van der Waals surface area contributed by atoms with Gasteiger partial charge in [0, 0.05) is 17.7 Å². The average Bonchev–Trinajstić information content (AvgIpc) is 2.42. The highest BCUT2D eigenvalue weighted by Crippen LogP contribution is 2.49. The smallest absolute Gasteiger partial charge is 0.396 e. The maximum absolute atomic E-state index is 13.5. The second-order valence-corrected chi connectivity index (χ2v) is 4.84. The van der Waals surface area contributed by atoms with Crippen LogP contribution in [0.2, 0.25) is 0 Å². The summed E-state index contributed by atoms with van der Waals surface area (Å²) in [5.74, 6) is -11.2. The molecule has 0 aromatic heterocycles. The summed E-state index contributed by atoms with van der Waals surface area (Å²) in [6, 6.07) is -0.0105. The van der Waals surface area contributed by atoms with Gasteiger partial charge in [0.1, 0.15) is 0 Å². The van der Waals surface area contributed by atoms with Crippen LogP contribution < -0.4 is 0 Å². The molecule has 0 saturated carbocycles. The molecule has 0 unspecified atom stereocenters. The van der Waals surface area contributed by atoms with Crippen molar-refractivity contribution in [1.82, 2.24) is 0 Å². The minimum absolute atomic E-state index is 0.135. The standard InChI is InChI=1S/C13H10F10O/c14-10(15,12(18,19)20)8-4-3-7(2-1-5-24)9(6-8)11(16,17)13(21,22)23/h3-4,6,24H,1-2,5H2. The maximum atomic E-state index is 13.5. The first-order valence-corrected chi connectivity index (χ1v) is 6.30. The highest BCUT2D eigenvalue weighted by molar-refractivity contribution is 5.38. The number of benzene rings is 1. The number of aliphatic hydroxyl groups excluding tert-OH is 1. The second kappa shape index (κ2) is 6.41. The van der Waals surface area contributed by atoms with Crippen molar-refractivity contribution < 1.29 is 49.0 Å². The van der Waals surface area contributed by atoms with Gasteiger partial charge in [-0.2, -0.15) is 43.9 Å². The predicted octanol–water partition coefficient (Wildman–Crippen LogP) is 4.92. The number of aryl methyl sites for hydroxylation is 1. The molecule has 1 nitrogen and oxygen atoms in total. The third kappa shape index (κ3) is 3.76. The Morgan fingerprint density at radius 2 is 1.25 bits per heavy atom. The van der Waals surface area contributed by atoms with Crippen LogP contribution in [-0.2, 0) is 18.3 Å². The van der Waals surface area contributed by atoms with Crippen LogP contribution in [0.3, 0.4) is 0 Å². The summed E-state index contributed by atoms with van der Waals surface area (Å²) in [7, 11) is 0. The van der Waals surface area contributed by atoms with Crippen molar-refractivity contribution in [2.75, 3.05) is 6.61 Å². The van der Waals surface area contributed by atoms with E-state index in [2.05, 4.69) is 0 Å². The van der Waals surface area contributed by atoms with Gasteiger partial charge < -0.3 is 5.11 Å². The highest BCUT2D eigenvalue weighted by Gasteiger charge is 2.62. The zero-order chi connectivity index (χ0) is 19.0. The first-order valence-electron chi connectivity index (χ1n) is 6.30. The lowest BCUT2D eigenvalue weighted by Gasteiger charge is -2.25. The monoisotopic (exact) mass is 372 g/mol. The van der Waals surface area contributed by atoms with Crippen LogP contribution in [0.5, 0.6) is 0 Å². The molecule has 0 amide bonds. The molecule has 138 valence electrons. The summed E-state index contributed by atoms with van der Waals surface area (Å²) in [5, 5.41) is 8.59. The molecule has 0 heterocycles. The van der Waals surface area contributed by atoms with Gasteiger partial charge in [0.15, 0.2) is 0 Å². The fourth-order valence-electron chi connectivity index (χ4n) is 1.87. The Bertz CT molecular complexity index is 573. The van der Waals surface area contributed by atoms with Gasteiger partial charge in [0.05, 0.1) is 0 Å². The van der Waals surface area contributed by atoms with E-state index in [9.17, 15) is 43.9 Å². The average molecular weight is 372 g/mol. The van der Waals surface area contributed by atoms with Crippen molar-refractivity contribution in [3.63, 3.8) is 0 Å². The second-order valence-electron chi connectivity index (χ2n) is 4.84. The molecule has 1 rings (SSSR count). The first kappa shape index (κ1) is 20.5. The van der Waals surface area contributed by atoms with Crippen LogP contribution in [0.1, 0.15) is 23.1 Å². The van der Waals surface area contributed by atoms with Gasteiger partial charge in [-0.15, -0.1) is 0 Å². The first-order chi connectivity index (χ1) is 10.7. The Balaban J connectivity index is 3.55. The Hall–Kier alpha value is -1.52. The van der Waals surface area contributed by atoms with Gasteiger partial charge in [-0.3, -0.25) is 0 Å². The third-order valence-electron chi connectivity index (χ3n) is 3.13. The summed E-state index contributed by atoms with van der Waals surface area (Å²) in [6.45, 7) is -0.600. The lowest BCUT2D eigenvalue weighted by molar-refractivity contribution is -0.292. The van der Waals surface area contributed by atoms with E-state index in [1.165, 1.54) is 0 Å². The van der Waals surface area contributed by atoms with Gasteiger partial charge in [0.2, 0.25) is 0 Å². The van der Waals surface area contributed by atoms with Crippen molar-refractivity contribution in [3.8, 4) is 0 Å². The topological polar surface area (TPSA) is 20.2 Å². The molecular formula is C13H10F10O. The molecule has 1 N–H and O–H groups in total. The van der Waals surface area contributed by atoms with Crippen molar-refractivity contribution in [3.05, 3.63) is 34.9 Å². The molecule has 1 aromatic rings. The lowest BCUT2D eigenvalue weighted by atomic mass is 9.93. The predicted molar refractivity (Wildman–Crippen MR) is 61.7 cm³/mol. The molecule has 0 radical (unpaired) electrons. The van der Waals surface area contributed by atoms with Crippen LogP contribution >= 0.6 is 0 Å². The summed E-state index contributed by atoms with van der Waals surface area (Å²) in [4.78, 5) is 0. The Morgan fingerprint density at radius 1 is 0.750 bits per heavy atom. The van der Waals surface area contributed by atoms with Crippen molar-refractivity contribution in [2.45, 2.75) is 37.0 Å². The zero-order valence-electron chi connectivity index (χ0n) is 11.6. The SMILES string of the molecule is OCCCc1ccc(C(F)(F)C(F)(F)F)cc1C(F)(F)C(F)(F)F. The molecule has 0 aliphatic rings. The van der Waals surface area contributed by atoms with Crippen LogP contribution in [0, 0.1) is 0 Å². The molecule has 24 heavy (non-hydrogen) atoms. The summed E-state index contributed by atoms with van der Waals surface area (Å²) >= 11 is 0. The minimum Gasteiger partial charge on any atom is -0.396 e. The summed E-state index contributed by atoms with van der Waals surface area (Å²) in [6.07, 6.45) is -13.2. The van der Waals surface area contributed by atoms with Gasteiger partial charge in [-0.1, -0.05) is 12.1 Å². The normalized spacial score (nSPS) is 14.1. The molecule has 1 aromatic carbocycles. The van der Waals surface area contributed by atoms with Gasteiger partial charge in [0.25, 0.3) is 0 Å². The van der Waals surface area contributed by atoms with Crippen molar-refractivity contribution >= 4 is 0 Å². The molecule has 0 bridgehead atoms. The fourth-order valence-corrected chi connectivity index (χ4v) is 1.87. The Labute approximate surface area is 128 Å². The van der Waals surface area contributed by atoms with E-state index < -0.39 is 60.0 Å². The fraction of sp³-hybridized carbons (Fsp3) is 0.538. The van der Waals surface area contributed by atoms with E-state index in [0.29, 0.717) is 6.07 Å². The molecule has 0 spiro atoms. The summed E-state index contributed by atoms with van der Waals surface area (Å²) in [5.41, 5.74) is -4.81. The van der Waals surface area contributed by atoms with Gasteiger partial charge >= 0.3 is 24.2 Å². The Kier molecular flexibility index (Phi) is 5.48. The lowest BCUT2D eigenvalue weighted by Crippen LogP contribution is -2.37. The van der Waals surface area contributed by atoms with E-state index in [0.717, 1.165) is 0 Å². The van der Waals surface area contributed by atoms with E-state index in [1.807, 2.05) is 0 Å². The van der Waals surface area contributed by atoms with Crippen LogP contribution in [0.15, 0.2) is 18.2 Å². The van der Waals surface area contributed by atoms with Crippen LogP contribution in [0.4, 0.5) is 43.9 Å². The van der Waals surface area contributed by atoms with Crippen LogP contribution in [-0.4, -0.2) is 24.1 Å². The van der Waals surface area contributed by atoms with Gasteiger partial charge in [-0.05, 0) is 24.5 Å². The van der Waals surface area contributed by atoms with E-state index >= 15 is 0 Å². The number of halogens is 10. The zero-order valence-corrected chi connectivity index (χ0v) is 11.6. The Morgan fingerprint density at radius 3 is 1.67 bits per heavy atom. The molecule has 0 aliphatic heterocycles. The number of hydrogen-bond donors (Lipinski definition) is 1. The summed E-state index contributed by atoms with van der Waals surface area (Å²) < 4.78 is 128. The number of rotatable bonds is 5. The molecule has 0 aliphatic carbocycles. The minimum atomic E-state index is -6.19.